The number of rotatable bonds is 3. The normalized spacial score (nSPS) is 29.7. The Morgan fingerprint density at radius 2 is 1.89 bits per heavy atom. The average molecular weight is 255 g/mol. The molecule has 2 fully saturated rings. The van der Waals surface area contributed by atoms with Crippen molar-refractivity contribution in [3.63, 3.8) is 0 Å². The quantitative estimate of drug-likeness (QED) is 0.814. The Bertz CT molecular complexity index is 250. The molecule has 4 heteroatoms. The zero-order valence-corrected chi connectivity index (χ0v) is 12.2. The number of ether oxygens (including phenoxy) is 1. The first-order chi connectivity index (χ1) is 8.52. The van der Waals surface area contributed by atoms with Gasteiger partial charge in [0.05, 0.1) is 6.10 Å². The Labute approximate surface area is 111 Å². The lowest BCUT2D eigenvalue weighted by Gasteiger charge is -2.45. The number of nitrogens with zero attached hydrogens (tertiary/aromatic N) is 2. The van der Waals surface area contributed by atoms with Gasteiger partial charge in [-0.15, -0.1) is 0 Å². The monoisotopic (exact) mass is 255 g/mol. The van der Waals surface area contributed by atoms with E-state index in [1.54, 1.807) is 0 Å². The van der Waals surface area contributed by atoms with E-state index in [0.29, 0.717) is 12.1 Å². The molecule has 18 heavy (non-hydrogen) atoms. The van der Waals surface area contributed by atoms with E-state index in [1.165, 1.54) is 12.8 Å². The first-order valence-corrected chi connectivity index (χ1v) is 7.33. The molecule has 2 unspecified atom stereocenters. The van der Waals surface area contributed by atoms with E-state index in [1.807, 2.05) is 0 Å². The lowest BCUT2D eigenvalue weighted by atomic mass is 10.0. The van der Waals surface area contributed by atoms with Gasteiger partial charge in [0.1, 0.15) is 0 Å². The number of nitrogens with two attached hydrogens (primary N) is 1. The fourth-order valence-electron chi connectivity index (χ4n) is 3.17. The molecule has 0 radical (unpaired) electrons. The Morgan fingerprint density at radius 3 is 2.33 bits per heavy atom. The first kappa shape index (κ1) is 14.3. The van der Waals surface area contributed by atoms with Gasteiger partial charge in [-0.3, -0.25) is 9.80 Å². The highest BCUT2D eigenvalue weighted by atomic mass is 16.5. The van der Waals surface area contributed by atoms with Gasteiger partial charge in [0, 0.05) is 50.9 Å². The van der Waals surface area contributed by atoms with E-state index in [0.717, 1.165) is 39.3 Å². The molecule has 0 aromatic carbocycles. The van der Waals surface area contributed by atoms with Gasteiger partial charge in [-0.1, -0.05) is 0 Å². The molecule has 0 aromatic rings. The molecule has 0 bridgehead atoms. The molecule has 2 N–H and O–H groups in total. The van der Waals surface area contributed by atoms with E-state index < -0.39 is 0 Å². The second-order valence-electron chi connectivity index (χ2n) is 6.55. The third kappa shape index (κ3) is 3.23. The van der Waals surface area contributed by atoms with Gasteiger partial charge in [0.15, 0.2) is 0 Å². The molecule has 0 amide bonds. The largest absolute Gasteiger partial charge is 0.377 e. The van der Waals surface area contributed by atoms with E-state index in [2.05, 4.69) is 30.6 Å². The number of hydrogen-bond donors (Lipinski definition) is 1. The lowest BCUT2D eigenvalue weighted by Crippen LogP contribution is -2.59. The van der Waals surface area contributed by atoms with Crippen molar-refractivity contribution in [2.75, 3.05) is 39.3 Å². The van der Waals surface area contributed by atoms with Crippen molar-refractivity contribution in [2.45, 2.75) is 51.3 Å². The van der Waals surface area contributed by atoms with Crippen molar-refractivity contribution in [1.82, 2.24) is 9.80 Å². The van der Waals surface area contributed by atoms with Gasteiger partial charge in [-0.2, -0.15) is 0 Å². The Morgan fingerprint density at radius 1 is 1.22 bits per heavy atom. The zero-order chi connectivity index (χ0) is 13.2. The molecule has 2 aliphatic rings. The van der Waals surface area contributed by atoms with Crippen LogP contribution in [0, 0.1) is 0 Å². The van der Waals surface area contributed by atoms with Gasteiger partial charge < -0.3 is 10.5 Å². The average Bonchev–Trinajstić information content (AvgIpc) is 2.83. The summed E-state index contributed by atoms with van der Waals surface area (Å²) in [5, 5.41) is 0. The highest BCUT2D eigenvalue weighted by Crippen LogP contribution is 2.22. The van der Waals surface area contributed by atoms with Crippen LogP contribution in [0.15, 0.2) is 0 Å². The molecule has 2 heterocycles. The maximum absolute atomic E-state index is 5.97. The fourth-order valence-corrected chi connectivity index (χ4v) is 3.17. The van der Waals surface area contributed by atoms with Gasteiger partial charge in [0.2, 0.25) is 0 Å². The van der Waals surface area contributed by atoms with Gasteiger partial charge in [-0.05, 0) is 33.6 Å². The molecular weight excluding hydrogens is 226 g/mol. The van der Waals surface area contributed by atoms with E-state index in [4.69, 9.17) is 10.5 Å². The number of piperazine rings is 1. The van der Waals surface area contributed by atoms with Crippen LogP contribution in [-0.4, -0.2) is 66.8 Å². The van der Waals surface area contributed by atoms with Crippen molar-refractivity contribution < 1.29 is 4.74 Å². The fraction of sp³-hybridized carbons (Fsp3) is 1.00. The standard InChI is InChI=1S/C14H29N3O/c1-14(2,3)17-8-6-16(7-9-17)12(11-15)13-5-4-10-18-13/h12-13H,4-11,15H2,1-3H3. The summed E-state index contributed by atoms with van der Waals surface area (Å²) >= 11 is 0. The summed E-state index contributed by atoms with van der Waals surface area (Å²) < 4.78 is 5.82. The van der Waals surface area contributed by atoms with Crippen LogP contribution in [0.2, 0.25) is 0 Å². The Kier molecular flexibility index (Phi) is 4.64. The molecule has 0 spiro atoms. The smallest absolute Gasteiger partial charge is 0.0743 e. The lowest BCUT2D eigenvalue weighted by molar-refractivity contribution is -0.0103. The molecule has 4 nitrogen and oxygen atoms in total. The minimum Gasteiger partial charge on any atom is -0.377 e. The summed E-state index contributed by atoms with van der Waals surface area (Å²) in [4.78, 5) is 5.10. The second-order valence-corrected chi connectivity index (χ2v) is 6.55. The molecule has 2 saturated heterocycles. The topological polar surface area (TPSA) is 41.7 Å². The molecule has 2 aliphatic heterocycles. The molecule has 2 rings (SSSR count). The van der Waals surface area contributed by atoms with Crippen LogP contribution in [0.4, 0.5) is 0 Å². The molecule has 0 aliphatic carbocycles. The second kappa shape index (κ2) is 5.87. The van der Waals surface area contributed by atoms with Crippen LogP contribution >= 0.6 is 0 Å². The van der Waals surface area contributed by atoms with Crippen molar-refractivity contribution >= 4 is 0 Å². The Hall–Kier alpha value is -0.160. The van der Waals surface area contributed by atoms with Gasteiger partial charge in [-0.25, -0.2) is 0 Å². The van der Waals surface area contributed by atoms with Gasteiger partial charge in [0.25, 0.3) is 0 Å². The highest BCUT2D eigenvalue weighted by molar-refractivity contribution is 4.89. The minimum absolute atomic E-state index is 0.286. The van der Waals surface area contributed by atoms with Crippen LogP contribution in [-0.2, 0) is 4.74 Å². The van der Waals surface area contributed by atoms with Crippen molar-refractivity contribution in [3.8, 4) is 0 Å². The summed E-state index contributed by atoms with van der Waals surface area (Å²) in [5.41, 5.74) is 6.25. The van der Waals surface area contributed by atoms with Crippen molar-refractivity contribution in [1.29, 1.82) is 0 Å². The maximum Gasteiger partial charge on any atom is 0.0743 e. The summed E-state index contributed by atoms with van der Waals surface area (Å²) in [7, 11) is 0. The van der Waals surface area contributed by atoms with Crippen molar-refractivity contribution in [3.05, 3.63) is 0 Å². The van der Waals surface area contributed by atoms with Crippen LogP contribution < -0.4 is 5.73 Å². The molecule has 0 aromatic heterocycles. The van der Waals surface area contributed by atoms with Crippen LogP contribution in [0.25, 0.3) is 0 Å². The third-order valence-electron chi connectivity index (χ3n) is 4.37. The van der Waals surface area contributed by atoms with Crippen molar-refractivity contribution in [2.24, 2.45) is 5.73 Å². The summed E-state index contributed by atoms with van der Waals surface area (Å²) in [5.74, 6) is 0. The van der Waals surface area contributed by atoms with Gasteiger partial charge >= 0.3 is 0 Å². The third-order valence-corrected chi connectivity index (χ3v) is 4.37. The maximum atomic E-state index is 5.97. The molecule has 106 valence electrons. The minimum atomic E-state index is 0.286. The SMILES string of the molecule is CC(C)(C)N1CCN(C(CN)C2CCCO2)CC1. The molecule has 2 atom stereocenters. The first-order valence-electron chi connectivity index (χ1n) is 7.33. The molecular formula is C14H29N3O. The predicted octanol–water partition coefficient (Wildman–Crippen LogP) is 0.909. The van der Waals surface area contributed by atoms with Crippen LogP contribution in [0.5, 0.6) is 0 Å². The summed E-state index contributed by atoms with van der Waals surface area (Å²) in [6.45, 7) is 13.1. The zero-order valence-electron chi connectivity index (χ0n) is 12.2. The van der Waals surface area contributed by atoms with Crippen LogP contribution in [0.1, 0.15) is 33.6 Å². The summed E-state index contributed by atoms with van der Waals surface area (Å²) in [6.07, 6.45) is 2.75. The predicted molar refractivity (Wildman–Crippen MR) is 74.7 cm³/mol. The van der Waals surface area contributed by atoms with Crippen LogP contribution in [0.3, 0.4) is 0 Å². The summed E-state index contributed by atoms with van der Waals surface area (Å²) in [6, 6.07) is 0.426. The number of hydrogen-bond acceptors (Lipinski definition) is 4. The van der Waals surface area contributed by atoms with E-state index in [-0.39, 0.29) is 5.54 Å². The van der Waals surface area contributed by atoms with E-state index in [9.17, 15) is 0 Å². The molecule has 0 saturated carbocycles. The van der Waals surface area contributed by atoms with E-state index >= 15 is 0 Å². The Balaban J connectivity index is 1.87. The highest BCUT2D eigenvalue weighted by Gasteiger charge is 2.33.